The molecule has 1 aromatic heterocycles. The number of methoxy groups -OCH3 is 1. The van der Waals surface area contributed by atoms with E-state index in [1.807, 2.05) is 45.9 Å². The van der Waals surface area contributed by atoms with Crippen molar-refractivity contribution in [2.75, 3.05) is 7.11 Å². The van der Waals surface area contributed by atoms with E-state index >= 15 is 0 Å². The maximum atomic E-state index is 5.45. The van der Waals surface area contributed by atoms with E-state index in [1.54, 1.807) is 7.11 Å². The van der Waals surface area contributed by atoms with Gasteiger partial charge in [-0.2, -0.15) is 0 Å². The second kappa shape index (κ2) is 6.93. The van der Waals surface area contributed by atoms with Gasteiger partial charge in [0.25, 0.3) is 0 Å². The summed E-state index contributed by atoms with van der Waals surface area (Å²) in [6.07, 6.45) is 1.92. The molecule has 0 aliphatic rings. The van der Waals surface area contributed by atoms with E-state index in [2.05, 4.69) is 6.58 Å². The van der Waals surface area contributed by atoms with Crippen LogP contribution in [0.1, 0.15) is 32.3 Å². The molecule has 0 N–H and O–H groups in total. The molecule has 1 heterocycles. The van der Waals surface area contributed by atoms with Crippen molar-refractivity contribution in [2.24, 2.45) is 0 Å². The van der Waals surface area contributed by atoms with E-state index in [1.165, 1.54) is 0 Å². The van der Waals surface area contributed by atoms with Gasteiger partial charge in [0.2, 0.25) is 0 Å². The Morgan fingerprint density at radius 2 is 2.00 bits per heavy atom. The molecule has 0 saturated carbocycles. The van der Waals surface area contributed by atoms with Crippen molar-refractivity contribution in [3.8, 4) is 0 Å². The molecular formula is C13H20O2. The first-order chi connectivity index (χ1) is 7.19. The van der Waals surface area contributed by atoms with Gasteiger partial charge in [-0.25, -0.2) is 0 Å². The third-order valence-electron chi connectivity index (χ3n) is 1.84. The number of ether oxygens (including phenoxy) is 1. The van der Waals surface area contributed by atoms with E-state index < -0.39 is 0 Å². The van der Waals surface area contributed by atoms with E-state index in [0.717, 1.165) is 17.1 Å². The number of rotatable bonds is 3. The molecule has 0 amide bonds. The summed E-state index contributed by atoms with van der Waals surface area (Å²) in [6.45, 7) is 11.6. The van der Waals surface area contributed by atoms with Crippen LogP contribution in [0.15, 0.2) is 35.0 Å². The van der Waals surface area contributed by atoms with Gasteiger partial charge in [-0.15, -0.1) is 0 Å². The van der Waals surface area contributed by atoms with Crippen molar-refractivity contribution in [2.45, 2.75) is 27.7 Å². The van der Waals surface area contributed by atoms with Crippen molar-refractivity contribution in [3.05, 3.63) is 42.1 Å². The molecule has 0 fully saturated rings. The minimum absolute atomic E-state index is 0.622. The minimum Gasteiger partial charge on any atom is -0.497 e. The van der Waals surface area contributed by atoms with Crippen LogP contribution < -0.4 is 0 Å². The molecule has 15 heavy (non-hydrogen) atoms. The molecule has 84 valence electrons. The zero-order valence-electron chi connectivity index (χ0n) is 10.3. The number of hydrogen-bond donors (Lipinski definition) is 0. The Labute approximate surface area is 92.3 Å². The summed E-state index contributed by atoms with van der Waals surface area (Å²) in [5.74, 6) is 2.31. The highest BCUT2D eigenvalue weighted by Gasteiger charge is 2.08. The van der Waals surface area contributed by atoms with Crippen LogP contribution in [-0.2, 0) is 4.74 Å². The number of aryl methyl sites for hydroxylation is 1. The summed E-state index contributed by atoms with van der Waals surface area (Å²) >= 11 is 0. The monoisotopic (exact) mass is 208 g/mol. The smallest absolute Gasteiger partial charge is 0.137 e. The van der Waals surface area contributed by atoms with Crippen LogP contribution >= 0.6 is 0 Å². The normalized spacial score (nSPS) is 10.3. The fourth-order valence-corrected chi connectivity index (χ4v) is 1.13. The van der Waals surface area contributed by atoms with E-state index in [-0.39, 0.29) is 0 Å². The Balaban J connectivity index is 0.000000921. The quantitative estimate of drug-likeness (QED) is 0.549. The average molecular weight is 208 g/mol. The summed E-state index contributed by atoms with van der Waals surface area (Å²) in [5.41, 5.74) is 0.899. The minimum atomic E-state index is 0.622. The van der Waals surface area contributed by atoms with Gasteiger partial charge in [0.1, 0.15) is 17.3 Å². The highest BCUT2D eigenvalue weighted by Crippen LogP contribution is 2.23. The summed E-state index contributed by atoms with van der Waals surface area (Å²) in [6, 6.07) is 3.83. The Kier molecular flexibility index (Phi) is 6.27. The second-order valence-corrected chi connectivity index (χ2v) is 2.74. The van der Waals surface area contributed by atoms with Gasteiger partial charge >= 0.3 is 0 Å². The van der Waals surface area contributed by atoms with Crippen LogP contribution in [0, 0.1) is 6.92 Å². The van der Waals surface area contributed by atoms with Crippen LogP contribution in [0.3, 0.4) is 0 Å². The fourth-order valence-electron chi connectivity index (χ4n) is 1.13. The molecule has 0 unspecified atom stereocenters. The third kappa shape index (κ3) is 3.66. The molecule has 0 aliphatic heterocycles. The van der Waals surface area contributed by atoms with E-state index in [9.17, 15) is 0 Å². The summed E-state index contributed by atoms with van der Waals surface area (Å²) < 4.78 is 10.5. The highest BCUT2D eigenvalue weighted by molar-refractivity contribution is 5.73. The first-order valence-corrected chi connectivity index (χ1v) is 5.15. The van der Waals surface area contributed by atoms with Crippen molar-refractivity contribution >= 4 is 5.57 Å². The fraction of sp³-hybridized carbons (Fsp3) is 0.385. The van der Waals surface area contributed by atoms with Crippen molar-refractivity contribution in [1.82, 2.24) is 0 Å². The van der Waals surface area contributed by atoms with Gasteiger partial charge in [0, 0.05) is 0 Å². The average Bonchev–Trinajstić information content (AvgIpc) is 2.68. The largest absolute Gasteiger partial charge is 0.497 e. The topological polar surface area (TPSA) is 22.4 Å². The van der Waals surface area contributed by atoms with Crippen LogP contribution in [0.25, 0.3) is 5.57 Å². The molecule has 0 radical (unpaired) electrons. The lowest BCUT2D eigenvalue weighted by Gasteiger charge is -2.05. The molecule has 0 aliphatic carbocycles. The highest BCUT2D eigenvalue weighted by atomic mass is 16.5. The van der Waals surface area contributed by atoms with Gasteiger partial charge in [-0.1, -0.05) is 26.5 Å². The molecule has 1 aromatic rings. The Bertz CT molecular complexity index is 332. The lowest BCUT2D eigenvalue weighted by Crippen LogP contribution is -1.88. The van der Waals surface area contributed by atoms with Crippen LogP contribution in [-0.4, -0.2) is 7.11 Å². The van der Waals surface area contributed by atoms with Gasteiger partial charge < -0.3 is 9.15 Å². The van der Waals surface area contributed by atoms with Crippen LogP contribution in [0.2, 0.25) is 0 Å². The zero-order chi connectivity index (χ0) is 11.8. The van der Waals surface area contributed by atoms with Crippen molar-refractivity contribution in [3.63, 3.8) is 0 Å². The molecule has 0 saturated heterocycles. The third-order valence-corrected chi connectivity index (χ3v) is 1.84. The number of hydrogen-bond acceptors (Lipinski definition) is 2. The second-order valence-electron chi connectivity index (χ2n) is 2.74. The predicted octanol–water partition coefficient (Wildman–Crippen LogP) is 4.18. The maximum absolute atomic E-state index is 5.45. The molecule has 0 spiro atoms. The molecule has 0 aromatic carbocycles. The van der Waals surface area contributed by atoms with Gasteiger partial charge in [0.05, 0.1) is 12.7 Å². The molecule has 1 rings (SSSR count). The number of allylic oxidation sites excluding steroid dienone is 2. The van der Waals surface area contributed by atoms with Crippen molar-refractivity contribution in [1.29, 1.82) is 0 Å². The van der Waals surface area contributed by atoms with Crippen LogP contribution in [0.5, 0.6) is 0 Å². The van der Waals surface area contributed by atoms with Gasteiger partial charge in [-0.3, -0.25) is 0 Å². The maximum Gasteiger partial charge on any atom is 0.137 e. The summed E-state index contributed by atoms with van der Waals surface area (Å²) in [5, 5.41) is 0. The predicted molar refractivity (Wildman–Crippen MR) is 64.6 cm³/mol. The van der Waals surface area contributed by atoms with Crippen LogP contribution in [0.4, 0.5) is 0 Å². The first-order valence-electron chi connectivity index (χ1n) is 5.15. The Hall–Kier alpha value is -1.44. The molecule has 2 heteroatoms. The molecular weight excluding hydrogens is 188 g/mol. The lowest BCUT2D eigenvalue weighted by molar-refractivity contribution is 0.311. The van der Waals surface area contributed by atoms with E-state index in [4.69, 9.17) is 9.15 Å². The molecule has 0 atom stereocenters. The first kappa shape index (κ1) is 13.6. The SMILES string of the molecule is C=C(OC)/C(=C\C)c1ccc(C)o1.CC. The lowest BCUT2D eigenvalue weighted by atomic mass is 10.2. The summed E-state index contributed by atoms with van der Waals surface area (Å²) in [4.78, 5) is 0. The Morgan fingerprint density at radius 3 is 2.33 bits per heavy atom. The van der Waals surface area contributed by atoms with Crippen molar-refractivity contribution < 1.29 is 9.15 Å². The standard InChI is InChI=1S/C11H14O2.C2H6/c1-5-10(9(3)12-4)11-7-6-8(2)13-11;1-2/h5-7H,3H2,1-2,4H3;1-2H3/b10-5+;. The Morgan fingerprint density at radius 1 is 1.40 bits per heavy atom. The zero-order valence-corrected chi connectivity index (χ0v) is 10.3. The molecule has 0 bridgehead atoms. The van der Waals surface area contributed by atoms with Gasteiger partial charge in [-0.05, 0) is 26.0 Å². The van der Waals surface area contributed by atoms with Gasteiger partial charge in [0.15, 0.2) is 0 Å². The molecule has 2 nitrogen and oxygen atoms in total. The summed E-state index contributed by atoms with van der Waals surface area (Å²) in [7, 11) is 1.60. The number of furan rings is 1. The van der Waals surface area contributed by atoms with E-state index in [0.29, 0.717) is 5.76 Å².